The normalized spacial score (nSPS) is 19.8. The number of nitrogens with one attached hydrogen (secondary N) is 1. The Balaban J connectivity index is 1.88. The summed E-state index contributed by atoms with van der Waals surface area (Å²) in [4.78, 5) is 26.6. The first-order valence-electron chi connectivity index (χ1n) is 7.99. The van der Waals surface area contributed by atoms with E-state index in [0.717, 1.165) is 12.1 Å². The first kappa shape index (κ1) is 20.3. The van der Waals surface area contributed by atoms with Gasteiger partial charge in [0, 0.05) is 19.5 Å². The Morgan fingerprint density at radius 1 is 1.25 bits per heavy atom. The van der Waals surface area contributed by atoms with Crippen molar-refractivity contribution in [3.63, 3.8) is 0 Å². The fourth-order valence-electron chi connectivity index (χ4n) is 3.06. The Labute approximate surface area is 167 Å². The zero-order valence-corrected chi connectivity index (χ0v) is 15.8. The van der Waals surface area contributed by atoms with Crippen LogP contribution in [0.2, 0.25) is 10.2 Å². The Bertz CT molecular complexity index is 922. The number of hydrogen-bond acceptors (Lipinski definition) is 4. The molecule has 2 atom stereocenters. The molecule has 0 aliphatic carbocycles. The van der Waals surface area contributed by atoms with Gasteiger partial charge in [-0.15, -0.1) is 5.10 Å². The predicted molar refractivity (Wildman–Crippen MR) is 96.0 cm³/mol. The first-order chi connectivity index (χ1) is 13.1. The Hall–Kier alpha value is -2.39. The summed E-state index contributed by atoms with van der Waals surface area (Å²) < 4.78 is 38.3. The number of likely N-dealkylation sites (tertiary alicyclic amines) is 1. The minimum atomic E-state index is -4.47. The number of rotatable bonds is 3. The molecule has 11 heteroatoms. The van der Waals surface area contributed by atoms with Gasteiger partial charge in [-0.2, -0.15) is 18.3 Å². The lowest BCUT2D eigenvalue weighted by molar-refractivity contribution is -0.138. The van der Waals surface area contributed by atoms with Crippen LogP contribution < -0.4 is 5.32 Å². The Kier molecular flexibility index (Phi) is 5.49. The molecule has 0 radical (unpaired) electrons. The lowest BCUT2D eigenvalue weighted by Gasteiger charge is -2.18. The van der Waals surface area contributed by atoms with Gasteiger partial charge in [0.15, 0.2) is 5.15 Å². The van der Waals surface area contributed by atoms with Gasteiger partial charge < -0.3 is 10.2 Å². The molecule has 1 aromatic carbocycles. The number of aromatic nitrogens is 2. The van der Waals surface area contributed by atoms with Crippen LogP contribution in [-0.2, 0) is 15.8 Å². The van der Waals surface area contributed by atoms with Crippen LogP contribution in [0.25, 0.3) is 0 Å². The third-order valence-electron chi connectivity index (χ3n) is 4.47. The maximum absolute atomic E-state index is 12.8. The van der Waals surface area contributed by atoms with Gasteiger partial charge in [0.1, 0.15) is 10.9 Å². The molecule has 6 nitrogen and oxygen atoms in total. The largest absolute Gasteiger partial charge is 0.416 e. The monoisotopic (exact) mass is 432 g/mol. The molecule has 0 saturated carbocycles. The smallest absolute Gasteiger partial charge is 0.344 e. The molecular weight excluding hydrogens is 420 g/mol. The average molecular weight is 433 g/mol. The topological polar surface area (TPSA) is 75.2 Å². The van der Waals surface area contributed by atoms with Crippen molar-refractivity contribution in [3.05, 3.63) is 51.8 Å². The summed E-state index contributed by atoms with van der Waals surface area (Å²) >= 11 is 11.7. The molecule has 0 spiro atoms. The molecule has 148 valence electrons. The molecule has 2 amide bonds. The number of nitrogens with zero attached hydrogens (tertiary/aromatic N) is 3. The summed E-state index contributed by atoms with van der Waals surface area (Å²) in [5.41, 5.74) is -0.276. The highest BCUT2D eigenvalue weighted by Gasteiger charge is 2.44. The molecule has 1 aliphatic rings. The average Bonchev–Trinajstić information content (AvgIpc) is 2.93. The Morgan fingerprint density at radius 2 is 1.89 bits per heavy atom. The van der Waals surface area contributed by atoms with Gasteiger partial charge in [-0.3, -0.25) is 9.59 Å². The second kappa shape index (κ2) is 7.56. The Morgan fingerprint density at radius 3 is 2.50 bits per heavy atom. The van der Waals surface area contributed by atoms with E-state index in [2.05, 4.69) is 15.5 Å². The SMILES string of the molecule is CN1C[C@@H](c2ccc(C(F)(F)F)cc2)[C@H](C(=O)Nc2cnnc(Cl)c2Cl)C1=O. The highest BCUT2D eigenvalue weighted by atomic mass is 35.5. The van der Waals surface area contributed by atoms with Crippen LogP contribution >= 0.6 is 23.2 Å². The van der Waals surface area contributed by atoms with Gasteiger partial charge in [-0.25, -0.2) is 0 Å². The summed E-state index contributed by atoms with van der Waals surface area (Å²) in [5.74, 6) is -2.87. The van der Waals surface area contributed by atoms with E-state index in [9.17, 15) is 22.8 Å². The number of likely N-dealkylation sites (N-methyl/N-ethyl adjacent to an activating group) is 1. The lowest BCUT2D eigenvalue weighted by atomic mass is 9.87. The van der Waals surface area contributed by atoms with Crippen molar-refractivity contribution in [2.45, 2.75) is 12.1 Å². The third kappa shape index (κ3) is 3.90. The number of carbonyl (C=O) groups is 2. The quantitative estimate of drug-likeness (QED) is 0.751. The van der Waals surface area contributed by atoms with E-state index in [1.807, 2.05) is 0 Å². The highest BCUT2D eigenvalue weighted by Crippen LogP contribution is 2.37. The van der Waals surface area contributed by atoms with Crippen molar-refractivity contribution < 1.29 is 22.8 Å². The number of amides is 2. The minimum Gasteiger partial charge on any atom is -0.344 e. The minimum absolute atomic E-state index is 0.0325. The van der Waals surface area contributed by atoms with Crippen LogP contribution in [0.15, 0.2) is 30.5 Å². The van der Waals surface area contributed by atoms with Gasteiger partial charge >= 0.3 is 6.18 Å². The molecule has 1 N–H and O–H groups in total. The van der Waals surface area contributed by atoms with E-state index in [1.54, 1.807) is 0 Å². The molecule has 1 saturated heterocycles. The zero-order chi connectivity index (χ0) is 20.6. The van der Waals surface area contributed by atoms with Crippen LogP contribution in [0.4, 0.5) is 18.9 Å². The van der Waals surface area contributed by atoms with Gasteiger partial charge in [0.2, 0.25) is 11.8 Å². The van der Waals surface area contributed by atoms with Crippen molar-refractivity contribution in [3.8, 4) is 0 Å². The number of carbonyl (C=O) groups excluding carboxylic acids is 2. The van der Waals surface area contributed by atoms with Crippen LogP contribution in [-0.4, -0.2) is 40.5 Å². The van der Waals surface area contributed by atoms with Crippen molar-refractivity contribution in [2.24, 2.45) is 5.92 Å². The molecule has 3 rings (SSSR count). The summed E-state index contributed by atoms with van der Waals surface area (Å²) in [6.45, 7) is 0.186. The van der Waals surface area contributed by atoms with E-state index >= 15 is 0 Å². The summed E-state index contributed by atoms with van der Waals surface area (Å²) in [6.07, 6.45) is -3.29. The predicted octanol–water partition coefficient (Wildman–Crippen LogP) is 3.61. The van der Waals surface area contributed by atoms with Crippen LogP contribution in [0, 0.1) is 5.92 Å². The molecule has 0 unspecified atom stereocenters. The summed E-state index contributed by atoms with van der Waals surface area (Å²) in [7, 11) is 1.52. The fraction of sp³-hybridized carbons (Fsp3) is 0.294. The van der Waals surface area contributed by atoms with Crippen molar-refractivity contribution in [1.29, 1.82) is 0 Å². The zero-order valence-electron chi connectivity index (χ0n) is 14.3. The maximum Gasteiger partial charge on any atom is 0.416 e. The van der Waals surface area contributed by atoms with Gasteiger partial charge in [0.05, 0.1) is 17.4 Å². The maximum atomic E-state index is 12.8. The second-order valence-corrected chi connectivity index (χ2v) is 7.01. The van der Waals surface area contributed by atoms with Crippen molar-refractivity contribution >= 4 is 40.7 Å². The molecule has 2 aromatic rings. The molecular formula is C17H13Cl2F3N4O2. The highest BCUT2D eigenvalue weighted by molar-refractivity contribution is 6.43. The number of halogens is 5. The fourth-order valence-corrected chi connectivity index (χ4v) is 3.34. The van der Waals surface area contributed by atoms with E-state index < -0.39 is 35.4 Å². The summed E-state index contributed by atoms with van der Waals surface area (Å²) in [5, 5.41) is 9.46. The number of hydrogen-bond donors (Lipinski definition) is 1. The van der Waals surface area contributed by atoms with Gasteiger partial charge in [0.25, 0.3) is 0 Å². The second-order valence-electron chi connectivity index (χ2n) is 6.27. The lowest BCUT2D eigenvalue weighted by Crippen LogP contribution is -2.32. The van der Waals surface area contributed by atoms with Crippen LogP contribution in [0.1, 0.15) is 17.0 Å². The molecule has 2 heterocycles. The molecule has 1 aromatic heterocycles. The first-order valence-corrected chi connectivity index (χ1v) is 8.75. The molecule has 28 heavy (non-hydrogen) atoms. The van der Waals surface area contributed by atoms with E-state index in [4.69, 9.17) is 23.2 Å². The van der Waals surface area contributed by atoms with E-state index in [1.165, 1.54) is 30.3 Å². The molecule has 0 bridgehead atoms. The van der Waals surface area contributed by atoms with E-state index in [-0.39, 0.29) is 22.4 Å². The van der Waals surface area contributed by atoms with Crippen molar-refractivity contribution in [2.75, 3.05) is 18.9 Å². The molecule has 1 fully saturated rings. The standard InChI is InChI=1S/C17H13Cl2F3N4O2/c1-26-7-10(8-2-4-9(5-3-8)17(20,21)22)12(16(26)28)15(27)24-11-6-23-25-14(19)13(11)18/h2-6,10,12H,7H2,1H3,(H,24,25,27)/t10-,12+/m0/s1. The van der Waals surface area contributed by atoms with Crippen molar-refractivity contribution in [1.82, 2.24) is 15.1 Å². The number of anilines is 1. The third-order valence-corrected chi connectivity index (χ3v) is 5.22. The number of alkyl halides is 3. The molecule has 1 aliphatic heterocycles. The number of benzene rings is 1. The van der Waals surface area contributed by atoms with Crippen LogP contribution in [0.5, 0.6) is 0 Å². The van der Waals surface area contributed by atoms with E-state index in [0.29, 0.717) is 5.56 Å². The van der Waals surface area contributed by atoms with Gasteiger partial charge in [-0.1, -0.05) is 35.3 Å². The van der Waals surface area contributed by atoms with Gasteiger partial charge in [-0.05, 0) is 17.7 Å². The van der Waals surface area contributed by atoms with Crippen LogP contribution in [0.3, 0.4) is 0 Å². The summed E-state index contributed by atoms with van der Waals surface area (Å²) in [6, 6.07) is 4.41.